The van der Waals surface area contributed by atoms with Crippen LogP contribution in [0, 0.1) is 0 Å². The molecular formula is C31H32N4O5. The molecule has 40 heavy (non-hydrogen) atoms. The van der Waals surface area contributed by atoms with Gasteiger partial charge in [0, 0.05) is 30.1 Å². The number of aromatic nitrogens is 1. The standard InChI is InChI=1S/C31H32N4O5/c1-20(34-29(36)16-22-11-12-27-28(15-22)40-19-39-27)30(37)35-26(17-23-18-33-25-10-6-5-9-24(23)25)31(38)32-14-13-21-7-3-2-4-8-21/h2-12,15,18,20,26,33H,13-14,16-17,19H2,1H3,(H,32,38)(H,34,36)(H,35,37)/t20-,26+/m0/s1. The fourth-order valence-corrected chi connectivity index (χ4v) is 4.72. The number of fused-ring (bicyclic) bond motifs is 2. The first-order valence-electron chi connectivity index (χ1n) is 13.3. The molecule has 3 aromatic carbocycles. The largest absolute Gasteiger partial charge is 0.454 e. The summed E-state index contributed by atoms with van der Waals surface area (Å²) >= 11 is 0. The topological polar surface area (TPSA) is 122 Å². The van der Waals surface area contributed by atoms with Gasteiger partial charge in [-0.1, -0.05) is 54.6 Å². The SMILES string of the molecule is C[C@H](NC(=O)Cc1ccc2c(c1)OCO2)C(=O)N[C@H](Cc1c[nH]c2ccccc12)C(=O)NCCc1ccccc1. The van der Waals surface area contributed by atoms with Gasteiger partial charge in [0.1, 0.15) is 12.1 Å². The lowest BCUT2D eigenvalue weighted by atomic mass is 10.0. The Morgan fingerprint density at radius 2 is 1.65 bits per heavy atom. The molecule has 1 aromatic heterocycles. The van der Waals surface area contributed by atoms with E-state index in [0.29, 0.717) is 30.9 Å². The van der Waals surface area contributed by atoms with E-state index in [-0.39, 0.29) is 25.0 Å². The van der Waals surface area contributed by atoms with Crippen LogP contribution in [0.1, 0.15) is 23.6 Å². The van der Waals surface area contributed by atoms with Crippen molar-refractivity contribution >= 4 is 28.6 Å². The molecule has 0 saturated heterocycles. The number of amides is 3. The number of hydrogen-bond donors (Lipinski definition) is 4. The number of carbonyl (C=O) groups excluding carboxylic acids is 3. The third-order valence-corrected chi connectivity index (χ3v) is 6.86. The molecule has 4 N–H and O–H groups in total. The van der Waals surface area contributed by atoms with E-state index in [9.17, 15) is 14.4 Å². The molecule has 9 heteroatoms. The van der Waals surface area contributed by atoms with Gasteiger partial charge in [0.15, 0.2) is 11.5 Å². The fourth-order valence-electron chi connectivity index (χ4n) is 4.72. The summed E-state index contributed by atoms with van der Waals surface area (Å²) in [5, 5.41) is 9.53. The quantitative estimate of drug-likeness (QED) is 0.233. The zero-order valence-corrected chi connectivity index (χ0v) is 22.2. The summed E-state index contributed by atoms with van der Waals surface area (Å²) in [5.41, 5.74) is 3.72. The van der Waals surface area contributed by atoms with E-state index in [0.717, 1.165) is 27.6 Å². The van der Waals surface area contributed by atoms with Gasteiger partial charge in [-0.15, -0.1) is 0 Å². The van der Waals surface area contributed by atoms with Gasteiger partial charge in [0.25, 0.3) is 0 Å². The van der Waals surface area contributed by atoms with Crippen LogP contribution in [0.3, 0.4) is 0 Å². The van der Waals surface area contributed by atoms with E-state index < -0.39 is 18.0 Å². The van der Waals surface area contributed by atoms with E-state index in [1.54, 1.807) is 25.1 Å². The fraction of sp³-hybridized carbons (Fsp3) is 0.258. The summed E-state index contributed by atoms with van der Waals surface area (Å²) in [6.07, 6.45) is 2.90. The van der Waals surface area contributed by atoms with Crippen LogP contribution in [-0.2, 0) is 33.6 Å². The van der Waals surface area contributed by atoms with Crippen LogP contribution in [0.15, 0.2) is 79.0 Å². The zero-order chi connectivity index (χ0) is 27.9. The number of H-pyrrole nitrogens is 1. The molecule has 0 bridgehead atoms. The van der Waals surface area contributed by atoms with Gasteiger partial charge in [-0.3, -0.25) is 14.4 Å². The molecular weight excluding hydrogens is 508 g/mol. The third kappa shape index (κ3) is 6.61. The molecule has 3 amide bonds. The van der Waals surface area contributed by atoms with Crippen LogP contribution in [0.4, 0.5) is 0 Å². The average molecular weight is 541 g/mol. The van der Waals surface area contributed by atoms with Gasteiger partial charge in [-0.25, -0.2) is 0 Å². The van der Waals surface area contributed by atoms with Crippen molar-refractivity contribution in [2.24, 2.45) is 0 Å². The van der Waals surface area contributed by atoms with E-state index in [1.807, 2.05) is 60.8 Å². The predicted octanol–water partition coefficient (Wildman–Crippen LogP) is 3.03. The molecule has 2 atom stereocenters. The Bertz CT molecular complexity index is 1500. The maximum absolute atomic E-state index is 13.3. The maximum atomic E-state index is 13.3. The van der Waals surface area contributed by atoms with Crippen LogP contribution in [0.2, 0.25) is 0 Å². The Morgan fingerprint density at radius 1 is 0.875 bits per heavy atom. The van der Waals surface area contributed by atoms with Crippen molar-refractivity contribution in [3.05, 3.63) is 95.7 Å². The summed E-state index contributed by atoms with van der Waals surface area (Å²) in [4.78, 5) is 42.3. The van der Waals surface area contributed by atoms with Gasteiger partial charge < -0.3 is 30.4 Å². The van der Waals surface area contributed by atoms with Crippen LogP contribution in [0.5, 0.6) is 11.5 Å². The highest BCUT2D eigenvalue weighted by Gasteiger charge is 2.26. The molecule has 0 aliphatic carbocycles. The molecule has 1 aliphatic rings. The Labute approximate surface area is 232 Å². The second kappa shape index (κ2) is 12.4. The van der Waals surface area contributed by atoms with Crippen molar-refractivity contribution in [2.45, 2.75) is 38.3 Å². The van der Waals surface area contributed by atoms with Gasteiger partial charge in [-0.05, 0) is 48.2 Å². The Hall–Kier alpha value is -4.79. The van der Waals surface area contributed by atoms with Crippen molar-refractivity contribution in [3.63, 3.8) is 0 Å². The maximum Gasteiger partial charge on any atom is 0.242 e. The van der Waals surface area contributed by atoms with Gasteiger partial charge in [-0.2, -0.15) is 0 Å². The van der Waals surface area contributed by atoms with Crippen molar-refractivity contribution in [2.75, 3.05) is 13.3 Å². The highest BCUT2D eigenvalue weighted by Crippen LogP contribution is 2.32. The Balaban J connectivity index is 1.21. The first kappa shape index (κ1) is 26.8. The first-order chi connectivity index (χ1) is 19.5. The molecule has 1 aliphatic heterocycles. The molecule has 0 spiro atoms. The molecule has 2 heterocycles. The third-order valence-electron chi connectivity index (χ3n) is 6.86. The van der Waals surface area contributed by atoms with E-state index in [4.69, 9.17) is 9.47 Å². The summed E-state index contributed by atoms with van der Waals surface area (Å²) < 4.78 is 10.7. The van der Waals surface area contributed by atoms with Gasteiger partial charge >= 0.3 is 0 Å². The number of para-hydroxylation sites is 1. The molecule has 9 nitrogen and oxygen atoms in total. The zero-order valence-electron chi connectivity index (χ0n) is 22.2. The van der Waals surface area contributed by atoms with Crippen LogP contribution >= 0.6 is 0 Å². The minimum atomic E-state index is -0.843. The Morgan fingerprint density at radius 3 is 2.50 bits per heavy atom. The van der Waals surface area contributed by atoms with Crippen LogP contribution < -0.4 is 25.4 Å². The van der Waals surface area contributed by atoms with E-state index in [2.05, 4.69) is 20.9 Å². The summed E-state index contributed by atoms with van der Waals surface area (Å²) in [6.45, 7) is 2.19. The number of hydrogen-bond acceptors (Lipinski definition) is 5. The normalized spacial score (nSPS) is 13.4. The second-order valence-corrected chi connectivity index (χ2v) is 9.81. The highest BCUT2D eigenvalue weighted by molar-refractivity contribution is 5.93. The number of ether oxygens (including phenoxy) is 2. The average Bonchev–Trinajstić information content (AvgIpc) is 3.60. The van der Waals surface area contributed by atoms with Crippen LogP contribution in [0.25, 0.3) is 10.9 Å². The number of aromatic amines is 1. The molecule has 0 radical (unpaired) electrons. The monoisotopic (exact) mass is 540 g/mol. The lowest BCUT2D eigenvalue weighted by molar-refractivity contribution is -0.131. The number of benzene rings is 3. The van der Waals surface area contributed by atoms with Crippen molar-refractivity contribution < 1.29 is 23.9 Å². The number of carbonyl (C=O) groups is 3. The molecule has 5 rings (SSSR count). The van der Waals surface area contributed by atoms with E-state index in [1.165, 1.54) is 0 Å². The summed E-state index contributed by atoms with van der Waals surface area (Å²) in [7, 11) is 0. The number of nitrogens with one attached hydrogen (secondary N) is 4. The van der Waals surface area contributed by atoms with Crippen molar-refractivity contribution in [1.82, 2.24) is 20.9 Å². The van der Waals surface area contributed by atoms with Crippen molar-refractivity contribution in [1.29, 1.82) is 0 Å². The Kier molecular flexibility index (Phi) is 8.29. The lowest BCUT2D eigenvalue weighted by Crippen LogP contribution is -2.54. The number of rotatable bonds is 11. The van der Waals surface area contributed by atoms with Gasteiger partial charge in [0.05, 0.1) is 6.42 Å². The predicted molar refractivity (Wildman–Crippen MR) is 151 cm³/mol. The minimum absolute atomic E-state index is 0.0764. The smallest absolute Gasteiger partial charge is 0.242 e. The summed E-state index contributed by atoms with van der Waals surface area (Å²) in [6, 6.07) is 21.3. The molecule has 0 saturated carbocycles. The molecule has 0 fully saturated rings. The second-order valence-electron chi connectivity index (χ2n) is 9.81. The minimum Gasteiger partial charge on any atom is -0.454 e. The molecule has 4 aromatic rings. The molecule has 0 unspecified atom stereocenters. The summed E-state index contributed by atoms with van der Waals surface area (Å²) in [5.74, 6) is 0.187. The lowest BCUT2D eigenvalue weighted by Gasteiger charge is -2.21. The first-order valence-corrected chi connectivity index (χ1v) is 13.3. The van der Waals surface area contributed by atoms with Crippen molar-refractivity contribution in [3.8, 4) is 11.5 Å². The van der Waals surface area contributed by atoms with Gasteiger partial charge in [0.2, 0.25) is 24.5 Å². The highest BCUT2D eigenvalue weighted by atomic mass is 16.7. The molecule has 206 valence electrons. The van der Waals surface area contributed by atoms with Crippen LogP contribution in [-0.4, -0.2) is 48.1 Å². The van der Waals surface area contributed by atoms with E-state index >= 15 is 0 Å².